The lowest BCUT2D eigenvalue weighted by Crippen LogP contribution is -2.64. The lowest BCUT2D eigenvalue weighted by Gasteiger charge is -2.38. The number of piperazine rings is 1. The number of amides is 2. The molecule has 0 bridgehead atoms. The predicted molar refractivity (Wildman–Crippen MR) is 104 cm³/mol. The fraction of sp³-hybridized carbons (Fsp3) is 0.273. The van der Waals surface area contributed by atoms with E-state index < -0.39 is 12.1 Å². The molecule has 0 saturated carbocycles. The molecule has 0 radical (unpaired) electrons. The Morgan fingerprint density at radius 2 is 1.63 bits per heavy atom. The van der Waals surface area contributed by atoms with Crippen LogP contribution in [-0.2, 0) is 27.5 Å². The molecule has 0 aliphatic carbocycles. The molecule has 2 amide bonds. The van der Waals surface area contributed by atoms with Crippen molar-refractivity contribution in [2.45, 2.75) is 31.7 Å². The number of hydrogen-bond donors (Lipinski definition) is 1. The lowest BCUT2D eigenvalue weighted by molar-refractivity contribution is -0.151. The van der Waals surface area contributed by atoms with E-state index >= 15 is 0 Å². The largest absolute Gasteiger partial charge is 0.374 e. The maximum absolute atomic E-state index is 13.0. The predicted octanol–water partition coefficient (Wildman–Crippen LogP) is 2.68. The van der Waals surface area contributed by atoms with Crippen LogP contribution in [-0.4, -0.2) is 35.4 Å². The molecule has 2 atom stereocenters. The van der Waals surface area contributed by atoms with Crippen molar-refractivity contribution < 1.29 is 14.3 Å². The van der Waals surface area contributed by atoms with Gasteiger partial charge < -0.3 is 15.0 Å². The Labute approximate surface area is 159 Å². The van der Waals surface area contributed by atoms with Crippen LogP contribution in [0.5, 0.6) is 0 Å². The first-order valence-corrected chi connectivity index (χ1v) is 9.06. The van der Waals surface area contributed by atoms with Gasteiger partial charge in [-0.15, -0.1) is 6.58 Å². The van der Waals surface area contributed by atoms with Crippen molar-refractivity contribution in [3.8, 4) is 0 Å². The van der Waals surface area contributed by atoms with E-state index in [4.69, 9.17) is 4.74 Å². The standard InChI is InChI=1S/C22H24N2O3/c1-2-9-20-21(25)23-19(16-27-15-18-12-7-4-8-13-18)22(26)24(20)14-17-10-5-3-6-11-17/h2-8,10-13,19-20H,1,9,14-16H2,(H,23,25)/t19-,20+/m0/s1. The van der Waals surface area contributed by atoms with Gasteiger partial charge in [0, 0.05) is 6.54 Å². The highest BCUT2D eigenvalue weighted by atomic mass is 16.5. The number of benzene rings is 2. The summed E-state index contributed by atoms with van der Waals surface area (Å²) in [6, 6.07) is 18.2. The highest BCUT2D eigenvalue weighted by Gasteiger charge is 2.39. The van der Waals surface area contributed by atoms with Crippen molar-refractivity contribution in [2.75, 3.05) is 6.61 Å². The normalized spacial score (nSPS) is 19.6. The Hall–Kier alpha value is -2.92. The first-order chi connectivity index (χ1) is 13.2. The molecule has 1 aliphatic heterocycles. The smallest absolute Gasteiger partial charge is 0.248 e. The first-order valence-electron chi connectivity index (χ1n) is 9.06. The van der Waals surface area contributed by atoms with Gasteiger partial charge >= 0.3 is 0 Å². The molecule has 1 heterocycles. The lowest BCUT2D eigenvalue weighted by atomic mass is 10.0. The van der Waals surface area contributed by atoms with Gasteiger partial charge in [-0.2, -0.15) is 0 Å². The van der Waals surface area contributed by atoms with Crippen LogP contribution in [0.1, 0.15) is 17.5 Å². The Kier molecular flexibility index (Phi) is 6.39. The van der Waals surface area contributed by atoms with E-state index in [1.165, 1.54) is 0 Å². The number of carbonyl (C=O) groups is 2. The van der Waals surface area contributed by atoms with Crippen molar-refractivity contribution in [3.63, 3.8) is 0 Å². The molecule has 1 fully saturated rings. The van der Waals surface area contributed by atoms with Crippen LogP contribution in [0.3, 0.4) is 0 Å². The summed E-state index contributed by atoms with van der Waals surface area (Å²) in [6.07, 6.45) is 2.09. The molecule has 1 aliphatic rings. The molecule has 0 aromatic heterocycles. The number of ether oxygens (including phenoxy) is 1. The minimum atomic E-state index is -0.675. The number of carbonyl (C=O) groups excluding carboxylic acids is 2. The maximum atomic E-state index is 13.0. The second kappa shape index (κ2) is 9.14. The molecule has 5 heteroatoms. The van der Waals surface area contributed by atoms with Crippen LogP contribution in [0, 0.1) is 0 Å². The Bertz CT molecular complexity index is 777. The average molecular weight is 364 g/mol. The molecule has 2 aromatic carbocycles. The molecule has 1 saturated heterocycles. The number of nitrogens with zero attached hydrogens (tertiary/aromatic N) is 1. The summed E-state index contributed by atoms with van der Waals surface area (Å²) in [7, 11) is 0. The highest BCUT2D eigenvalue weighted by molar-refractivity contribution is 5.97. The molecule has 27 heavy (non-hydrogen) atoms. The second-order valence-corrected chi connectivity index (χ2v) is 6.55. The van der Waals surface area contributed by atoms with Gasteiger partial charge in [-0.25, -0.2) is 0 Å². The molecular formula is C22H24N2O3. The van der Waals surface area contributed by atoms with Crippen molar-refractivity contribution in [1.29, 1.82) is 0 Å². The van der Waals surface area contributed by atoms with E-state index in [2.05, 4.69) is 11.9 Å². The fourth-order valence-corrected chi connectivity index (χ4v) is 3.17. The summed E-state index contributed by atoms with van der Waals surface area (Å²) < 4.78 is 5.69. The van der Waals surface area contributed by atoms with Crippen LogP contribution in [0.25, 0.3) is 0 Å². The van der Waals surface area contributed by atoms with Gasteiger partial charge in [-0.3, -0.25) is 9.59 Å². The quantitative estimate of drug-likeness (QED) is 0.733. The van der Waals surface area contributed by atoms with E-state index in [1.807, 2.05) is 60.7 Å². The SMILES string of the molecule is C=CC[C@@H]1C(=O)N[C@@H](COCc2ccccc2)C(=O)N1Cc1ccccc1. The van der Waals surface area contributed by atoms with E-state index in [0.717, 1.165) is 11.1 Å². The van der Waals surface area contributed by atoms with Crippen molar-refractivity contribution >= 4 is 11.8 Å². The van der Waals surface area contributed by atoms with Gasteiger partial charge in [0.1, 0.15) is 12.1 Å². The van der Waals surface area contributed by atoms with Gasteiger partial charge in [-0.05, 0) is 17.5 Å². The maximum Gasteiger partial charge on any atom is 0.248 e. The van der Waals surface area contributed by atoms with Crippen LogP contribution >= 0.6 is 0 Å². The zero-order valence-corrected chi connectivity index (χ0v) is 15.2. The Morgan fingerprint density at radius 1 is 1.00 bits per heavy atom. The van der Waals surface area contributed by atoms with E-state index in [1.54, 1.807) is 11.0 Å². The zero-order valence-electron chi connectivity index (χ0n) is 15.2. The van der Waals surface area contributed by atoms with Crippen LogP contribution in [0.2, 0.25) is 0 Å². The molecule has 3 rings (SSSR count). The van der Waals surface area contributed by atoms with Gasteiger partial charge in [0.2, 0.25) is 11.8 Å². The van der Waals surface area contributed by atoms with Crippen molar-refractivity contribution in [1.82, 2.24) is 10.2 Å². The van der Waals surface area contributed by atoms with Gasteiger partial charge in [0.25, 0.3) is 0 Å². The molecule has 0 unspecified atom stereocenters. The second-order valence-electron chi connectivity index (χ2n) is 6.55. The Balaban J connectivity index is 1.68. The van der Waals surface area contributed by atoms with Gasteiger partial charge in [-0.1, -0.05) is 66.7 Å². The van der Waals surface area contributed by atoms with Gasteiger partial charge in [0.15, 0.2) is 0 Å². The highest BCUT2D eigenvalue weighted by Crippen LogP contribution is 2.18. The molecule has 0 spiro atoms. The summed E-state index contributed by atoms with van der Waals surface area (Å²) in [5, 5.41) is 2.80. The summed E-state index contributed by atoms with van der Waals surface area (Å²) in [5.74, 6) is -0.294. The van der Waals surface area contributed by atoms with E-state index in [0.29, 0.717) is 19.6 Å². The molecular weight excluding hydrogens is 340 g/mol. The van der Waals surface area contributed by atoms with Crippen LogP contribution in [0.4, 0.5) is 0 Å². The van der Waals surface area contributed by atoms with Crippen molar-refractivity contribution in [2.24, 2.45) is 0 Å². The van der Waals surface area contributed by atoms with Crippen molar-refractivity contribution in [3.05, 3.63) is 84.4 Å². The molecule has 2 aromatic rings. The summed E-state index contributed by atoms with van der Waals surface area (Å²) in [5.41, 5.74) is 2.01. The summed E-state index contributed by atoms with van der Waals surface area (Å²) in [4.78, 5) is 27.2. The molecule has 140 valence electrons. The average Bonchev–Trinajstić information content (AvgIpc) is 2.70. The third-order valence-corrected chi connectivity index (χ3v) is 4.56. The monoisotopic (exact) mass is 364 g/mol. The van der Waals surface area contributed by atoms with Crippen LogP contribution in [0.15, 0.2) is 73.3 Å². The third-order valence-electron chi connectivity index (χ3n) is 4.56. The summed E-state index contributed by atoms with van der Waals surface area (Å²) >= 11 is 0. The minimum absolute atomic E-state index is 0.127. The summed E-state index contributed by atoms with van der Waals surface area (Å²) in [6.45, 7) is 4.65. The first kappa shape index (κ1) is 18.9. The van der Waals surface area contributed by atoms with Crippen LogP contribution < -0.4 is 5.32 Å². The number of rotatable bonds is 8. The molecule has 1 N–H and O–H groups in total. The molecule has 5 nitrogen and oxygen atoms in total. The minimum Gasteiger partial charge on any atom is -0.374 e. The number of hydrogen-bond acceptors (Lipinski definition) is 3. The topological polar surface area (TPSA) is 58.6 Å². The zero-order chi connectivity index (χ0) is 19.1. The number of nitrogens with one attached hydrogen (secondary N) is 1. The Morgan fingerprint density at radius 3 is 2.26 bits per heavy atom. The third kappa shape index (κ3) is 4.83. The van der Waals surface area contributed by atoms with E-state index in [9.17, 15) is 9.59 Å². The fourth-order valence-electron chi connectivity index (χ4n) is 3.17. The van der Waals surface area contributed by atoms with Gasteiger partial charge in [0.05, 0.1) is 13.2 Å². The van der Waals surface area contributed by atoms with E-state index in [-0.39, 0.29) is 18.4 Å².